The van der Waals surface area contributed by atoms with Crippen molar-refractivity contribution in [2.75, 3.05) is 20.8 Å². The zero-order chi connectivity index (χ0) is 18.7. The Labute approximate surface area is 154 Å². The van der Waals surface area contributed by atoms with Gasteiger partial charge in [-0.05, 0) is 19.1 Å². The second-order valence-corrected chi connectivity index (χ2v) is 6.49. The molecular weight excluding hydrogens is 354 g/mol. The van der Waals surface area contributed by atoms with Crippen LogP contribution in [-0.4, -0.2) is 36.1 Å². The molecule has 0 spiro atoms. The van der Waals surface area contributed by atoms with Gasteiger partial charge in [-0.15, -0.1) is 11.3 Å². The Balaban J connectivity index is 1.71. The maximum absolute atomic E-state index is 12.4. The molecule has 1 aromatic carbocycles. The van der Waals surface area contributed by atoms with E-state index >= 15 is 0 Å². The fraction of sp³-hybridized carbons (Fsp3) is 0.278. The molecule has 0 bridgehead atoms. The molecule has 136 valence electrons. The average Bonchev–Trinajstić information content (AvgIpc) is 3.04. The van der Waals surface area contributed by atoms with Crippen molar-refractivity contribution < 1.29 is 14.3 Å². The van der Waals surface area contributed by atoms with Crippen molar-refractivity contribution in [3.63, 3.8) is 0 Å². The van der Waals surface area contributed by atoms with Gasteiger partial charge in [0, 0.05) is 41.9 Å². The van der Waals surface area contributed by atoms with Crippen molar-refractivity contribution in [2.45, 2.75) is 13.3 Å². The third kappa shape index (κ3) is 3.55. The quantitative estimate of drug-likeness (QED) is 0.715. The smallest absolute Gasteiger partial charge is 0.258 e. The molecule has 2 aromatic heterocycles. The second-order valence-electron chi connectivity index (χ2n) is 5.65. The SMILES string of the molecule is COc1ccc(C(=O)NCCc2csc3nc(C)cc(=O)n23)c(OC)c1. The predicted molar refractivity (Wildman–Crippen MR) is 99.7 cm³/mol. The van der Waals surface area contributed by atoms with Gasteiger partial charge in [0.1, 0.15) is 11.5 Å². The van der Waals surface area contributed by atoms with E-state index < -0.39 is 0 Å². The largest absolute Gasteiger partial charge is 0.497 e. The Kier molecular flexibility index (Phi) is 5.22. The van der Waals surface area contributed by atoms with Crippen LogP contribution in [0.4, 0.5) is 0 Å². The van der Waals surface area contributed by atoms with Gasteiger partial charge >= 0.3 is 0 Å². The molecular formula is C18H19N3O4S. The summed E-state index contributed by atoms with van der Waals surface area (Å²) in [6.45, 7) is 2.18. The minimum atomic E-state index is -0.245. The third-order valence-electron chi connectivity index (χ3n) is 3.92. The van der Waals surface area contributed by atoms with Crippen molar-refractivity contribution in [3.05, 3.63) is 57.0 Å². The number of carbonyl (C=O) groups is 1. The van der Waals surface area contributed by atoms with Crippen molar-refractivity contribution >= 4 is 22.2 Å². The summed E-state index contributed by atoms with van der Waals surface area (Å²) in [4.78, 5) is 29.6. The van der Waals surface area contributed by atoms with Crippen LogP contribution in [0.2, 0.25) is 0 Å². The van der Waals surface area contributed by atoms with E-state index in [1.165, 1.54) is 24.5 Å². The molecule has 0 aliphatic heterocycles. The van der Waals surface area contributed by atoms with Crippen molar-refractivity contribution in [2.24, 2.45) is 0 Å². The van der Waals surface area contributed by atoms with Gasteiger partial charge in [0.05, 0.1) is 19.8 Å². The van der Waals surface area contributed by atoms with Crippen LogP contribution < -0.4 is 20.3 Å². The molecule has 7 nitrogen and oxygen atoms in total. The van der Waals surface area contributed by atoms with Crippen LogP contribution in [-0.2, 0) is 6.42 Å². The lowest BCUT2D eigenvalue weighted by atomic mass is 10.1. The van der Waals surface area contributed by atoms with Crippen LogP contribution >= 0.6 is 11.3 Å². The summed E-state index contributed by atoms with van der Waals surface area (Å²) in [7, 11) is 3.06. The highest BCUT2D eigenvalue weighted by atomic mass is 32.1. The van der Waals surface area contributed by atoms with E-state index in [1.807, 2.05) is 5.38 Å². The van der Waals surface area contributed by atoms with Crippen LogP contribution in [0.1, 0.15) is 21.7 Å². The van der Waals surface area contributed by atoms with E-state index in [9.17, 15) is 9.59 Å². The highest BCUT2D eigenvalue weighted by molar-refractivity contribution is 7.15. The minimum absolute atomic E-state index is 0.105. The van der Waals surface area contributed by atoms with Gasteiger partial charge in [0.15, 0.2) is 4.96 Å². The number of aryl methyl sites for hydroxylation is 1. The Hall–Kier alpha value is -2.87. The van der Waals surface area contributed by atoms with Gasteiger partial charge in [-0.25, -0.2) is 4.98 Å². The Morgan fingerprint density at radius 3 is 2.81 bits per heavy atom. The van der Waals surface area contributed by atoms with Crippen LogP contribution in [0.3, 0.4) is 0 Å². The minimum Gasteiger partial charge on any atom is -0.497 e. The van der Waals surface area contributed by atoms with E-state index in [2.05, 4.69) is 10.3 Å². The highest BCUT2D eigenvalue weighted by Crippen LogP contribution is 2.24. The zero-order valence-electron chi connectivity index (χ0n) is 14.7. The van der Waals surface area contributed by atoms with E-state index in [0.717, 1.165) is 5.69 Å². The maximum Gasteiger partial charge on any atom is 0.258 e. The van der Waals surface area contributed by atoms with Gasteiger partial charge in [-0.1, -0.05) is 0 Å². The van der Waals surface area contributed by atoms with Gasteiger partial charge in [0.25, 0.3) is 11.5 Å². The Bertz CT molecular complexity index is 1010. The standard InChI is InChI=1S/C18H19N3O4S/c1-11-8-16(22)21-12(10-26-18(21)20-11)6-7-19-17(23)14-5-4-13(24-2)9-15(14)25-3/h4-5,8-10H,6-7H2,1-3H3,(H,19,23). The number of methoxy groups -OCH3 is 2. The molecule has 0 saturated carbocycles. The number of aromatic nitrogens is 2. The molecule has 1 N–H and O–H groups in total. The molecule has 2 heterocycles. The number of rotatable bonds is 6. The molecule has 8 heteroatoms. The summed E-state index contributed by atoms with van der Waals surface area (Å²) in [5.41, 5.74) is 1.85. The number of hydrogen-bond donors (Lipinski definition) is 1. The van der Waals surface area contributed by atoms with Crippen LogP contribution in [0.25, 0.3) is 4.96 Å². The van der Waals surface area contributed by atoms with Gasteiger partial charge < -0.3 is 14.8 Å². The Morgan fingerprint density at radius 1 is 1.27 bits per heavy atom. The molecule has 0 aliphatic rings. The lowest BCUT2D eigenvalue weighted by Crippen LogP contribution is -2.27. The molecule has 0 unspecified atom stereocenters. The molecule has 1 amide bonds. The molecule has 3 rings (SSSR count). The first-order valence-corrected chi connectivity index (χ1v) is 8.88. The number of ether oxygens (including phenoxy) is 2. The van der Waals surface area contributed by atoms with E-state index in [-0.39, 0.29) is 11.5 Å². The zero-order valence-corrected chi connectivity index (χ0v) is 15.6. The maximum atomic E-state index is 12.4. The number of nitrogens with one attached hydrogen (secondary N) is 1. The molecule has 26 heavy (non-hydrogen) atoms. The average molecular weight is 373 g/mol. The lowest BCUT2D eigenvalue weighted by Gasteiger charge is -2.10. The first kappa shape index (κ1) is 17.9. The van der Waals surface area contributed by atoms with E-state index in [0.29, 0.717) is 40.7 Å². The molecule has 0 saturated heterocycles. The molecule has 0 aliphatic carbocycles. The van der Waals surface area contributed by atoms with Crippen LogP contribution in [0.15, 0.2) is 34.4 Å². The Morgan fingerprint density at radius 2 is 2.08 bits per heavy atom. The summed E-state index contributed by atoms with van der Waals surface area (Å²) < 4.78 is 12.0. The van der Waals surface area contributed by atoms with Gasteiger partial charge in [-0.2, -0.15) is 0 Å². The molecule has 0 atom stereocenters. The lowest BCUT2D eigenvalue weighted by molar-refractivity contribution is 0.0951. The normalized spacial score (nSPS) is 10.7. The fourth-order valence-corrected chi connectivity index (χ4v) is 3.62. The number of carbonyl (C=O) groups excluding carboxylic acids is 1. The van der Waals surface area contributed by atoms with Crippen molar-refractivity contribution in [3.8, 4) is 11.5 Å². The number of amides is 1. The summed E-state index contributed by atoms with van der Waals surface area (Å²) in [5, 5.41) is 4.75. The predicted octanol–water partition coefficient (Wildman–Crippen LogP) is 2.05. The van der Waals surface area contributed by atoms with Crippen molar-refractivity contribution in [1.29, 1.82) is 0 Å². The van der Waals surface area contributed by atoms with E-state index in [1.54, 1.807) is 36.6 Å². The third-order valence-corrected chi connectivity index (χ3v) is 4.80. The van der Waals surface area contributed by atoms with Crippen LogP contribution in [0, 0.1) is 6.92 Å². The summed E-state index contributed by atoms with van der Waals surface area (Å²) in [6, 6.07) is 6.53. The topological polar surface area (TPSA) is 81.9 Å². The number of nitrogens with zero attached hydrogens (tertiary/aromatic N) is 2. The number of hydrogen-bond acceptors (Lipinski definition) is 6. The molecule has 0 radical (unpaired) electrons. The molecule has 0 fully saturated rings. The monoisotopic (exact) mass is 373 g/mol. The number of thiazole rings is 1. The second kappa shape index (κ2) is 7.57. The van der Waals surface area contributed by atoms with E-state index in [4.69, 9.17) is 9.47 Å². The van der Waals surface area contributed by atoms with Gasteiger partial charge in [-0.3, -0.25) is 14.0 Å². The van der Waals surface area contributed by atoms with Gasteiger partial charge in [0.2, 0.25) is 0 Å². The first-order chi connectivity index (χ1) is 12.5. The van der Waals surface area contributed by atoms with Crippen LogP contribution in [0.5, 0.6) is 11.5 Å². The molecule has 3 aromatic rings. The summed E-state index contributed by atoms with van der Waals surface area (Å²) in [6.07, 6.45) is 0.523. The summed E-state index contributed by atoms with van der Waals surface area (Å²) >= 11 is 1.41. The highest BCUT2D eigenvalue weighted by Gasteiger charge is 2.14. The first-order valence-electron chi connectivity index (χ1n) is 8.00. The van der Waals surface area contributed by atoms with Crippen molar-refractivity contribution in [1.82, 2.24) is 14.7 Å². The number of fused-ring (bicyclic) bond motifs is 1. The summed E-state index contributed by atoms with van der Waals surface area (Å²) in [5.74, 6) is 0.814. The fourth-order valence-electron chi connectivity index (χ4n) is 2.64. The number of benzene rings is 1.